The van der Waals surface area contributed by atoms with Gasteiger partial charge in [0.2, 0.25) is 0 Å². The molecule has 1 saturated heterocycles. The predicted octanol–water partition coefficient (Wildman–Crippen LogP) is 2.72. The van der Waals surface area contributed by atoms with Gasteiger partial charge in [-0.3, -0.25) is 0 Å². The van der Waals surface area contributed by atoms with Crippen LogP contribution in [0.2, 0.25) is 0 Å². The fourth-order valence-electron chi connectivity index (χ4n) is 2.79. The van der Waals surface area contributed by atoms with E-state index < -0.39 is 0 Å². The largest absolute Gasteiger partial charge is 0.374 e. The number of morpholine rings is 1. The molecule has 0 radical (unpaired) electrons. The van der Waals surface area contributed by atoms with Crippen LogP contribution in [0.1, 0.15) is 52.9 Å². The zero-order chi connectivity index (χ0) is 10.9. The van der Waals surface area contributed by atoms with Crippen molar-refractivity contribution in [3.63, 3.8) is 0 Å². The highest BCUT2D eigenvalue weighted by Gasteiger charge is 2.39. The Bertz CT molecular complexity index is 203. The molecule has 1 aliphatic heterocycles. The van der Waals surface area contributed by atoms with Gasteiger partial charge < -0.3 is 10.1 Å². The van der Waals surface area contributed by atoms with Crippen molar-refractivity contribution in [1.82, 2.24) is 5.32 Å². The molecule has 88 valence electrons. The zero-order valence-electron chi connectivity index (χ0n) is 10.4. The molecule has 0 aromatic carbocycles. The molecular weight excluding hydrogens is 186 g/mol. The number of ether oxygens (including phenoxy) is 1. The van der Waals surface area contributed by atoms with E-state index in [9.17, 15) is 0 Å². The first kappa shape index (κ1) is 11.4. The molecule has 2 fully saturated rings. The molecule has 0 amide bonds. The lowest BCUT2D eigenvalue weighted by atomic mass is 9.79. The van der Waals surface area contributed by atoms with Gasteiger partial charge in [0.05, 0.1) is 12.7 Å². The Morgan fingerprint density at radius 2 is 1.80 bits per heavy atom. The maximum absolute atomic E-state index is 6.07. The Hall–Kier alpha value is -0.0800. The number of hydrogen-bond donors (Lipinski definition) is 1. The maximum Gasteiger partial charge on any atom is 0.0748 e. The number of nitrogens with one attached hydrogen (secondary N) is 1. The van der Waals surface area contributed by atoms with Crippen molar-refractivity contribution in [3.05, 3.63) is 0 Å². The summed E-state index contributed by atoms with van der Waals surface area (Å²) in [5.74, 6) is 0. The summed E-state index contributed by atoms with van der Waals surface area (Å²) in [4.78, 5) is 0. The fourth-order valence-corrected chi connectivity index (χ4v) is 2.79. The monoisotopic (exact) mass is 211 g/mol. The van der Waals surface area contributed by atoms with Gasteiger partial charge >= 0.3 is 0 Å². The molecular formula is C13H25NO. The average Bonchev–Trinajstić information content (AvgIpc) is 2.18. The lowest BCUT2D eigenvalue weighted by Crippen LogP contribution is -2.60. The molecule has 1 heterocycles. The molecule has 2 rings (SSSR count). The summed E-state index contributed by atoms with van der Waals surface area (Å²) < 4.78 is 6.07. The van der Waals surface area contributed by atoms with E-state index in [4.69, 9.17) is 4.74 Å². The Labute approximate surface area is 93.8 Å². The van der Waals surface area contributed by atoms with E-state index in [1.807, 2.05) is 0 Å². The summed E-state index contributed by atoms with van der Waals surface area (Å²) in [7, 11) is 0. The standard InChI is InChI=1S/C13H25NO/c1-12(2,3)11-9-14-13(10-15-11)7-5-4-6-8-13/h11,14H,4-10H2,1-3H3. The van der Waals surface area contributed by atoms with Gasteiger partial charge in [0.15, 0.2) is 0 Å². The van der Waals surface area contributed by atoms with E-state index >= 15 is 0 Å². The Morgan fingerprint density at radius 1 is 1.13 bits per heavy atom. The van der Waals surface area contributed by atoms with Crippen molar-refractivity contribution in [2.45, 2.75) is 64.5 Å². The van der Waals surface area contributed by atoms with Crippen LogP contribution >= 0.6 is 0 Å². The molecule has 15 heavy (non-hydrogen) atoms. The summed E-state index contributed by atoms with van der Waals surface area (Å²) in [5.41, 5.74) is 0.600. The average molecular weight is 211 g/mol. The second kappa shape index (κ2) is 4.06. The van der Waals surface area contributed by atoms with Gasteiger partial charge in [0.25, 0.3) is 0 Å². The van der Waals surface area contributed by atoms with Crippen LogP contribution in [0.5, 0.6) is 0 Å². The predicted molar refractivity (Wildman–Crippen MR) is 63.0 cm³/mol. The van der Waals surface area contributed by atoms with Crippen molar-refractivity contribution in [2.75, 3.05) is 13.2 Å². The smallest absolute Gasteiger partial charge is 0.0748 e. The van der Waals surface area contributed by atoms with Crippen molar-refractivity contribution in [1.29, 1.82) is 0 Å². The third-order valence-corrected chi connectivity index (χ3v) is 4.00. The van der Waals surface area contributed by atoms with Crippen molar-refractivity contribution >= 4 is 0 Å². The van der Waals surface area contributed by atoms with Crippen LogP contribution in [-0.2, 0) is 4.74 Å². The van der Waals surface area contributed by atoms with Crippen LogP contribution in [-0.4, -0.2) is 24.8 Å². The summed E-state index contributed by atoms with van der Waals surface area (Å²) in [6, 6.07) is 0. The second-order valence-corrected chi connectivity index (χ2v) is 6.39. The molecule has 2 nitrogen and oxygen atoms in total. The number of hydrogen-bond acceptors (Lipinski definition) is 2. The highest BCUT2D eigenvalue weighted by Crippen LogP contribution is 2.33. The minimum Gasteiger partial charge on any atom is -0.374 e. The summed E-state index contributed by atoms with van der Waals surface area (Å²) in [5, 5.41) is 3.77. The SMILES string of the molecule is CC(C)(C)C1CNC2(CCCCC2)CO1. The Morgan fingerprint density at radius 3 is 2.27 bits per heavy atom. The molecule has 1 saturated carbocycles. The number of rotatable bonds is 0. The van der Waals surface area contributed by atoms with E-state index in [1.54, 1.807) is 0 Å². The molecule has 1 N–H and O–H groups in total. The van der Waals surface area contributed by atoms with Crippen LogP contribution in [0, 0.1) is 5.41 Å². The van der Waals surface area contributed by atoms with Gasteiger partial charge in [-0.1, -0.05) is 40.0 Å². The van der Waals surface area contributed by atoms with Crippen molar-refractivity contribution in [2.24, 2.45) is 5.41 Å². The molecule has 2 heteroatoms. The summed E-state index contributed by atoms with van der Waals surface area (Å²) in [6.07, 6.45) is 7.15. The third-order valence-electron chi connectivity index (χ3n) is 4.00. The van der Waals surface area contributed by atoms with Crippen molar-refractivity contribution < 1.29 is 4.74 Å². The molecule has 0 bridgehead atoms. The van der Waals surface area contributed by atoms with E-state index in [1.165, 1.54) is 32.1 Å². The van der Waals surface area contributed by atoms with Gasteiger partial charge in [-0.05, 0) is 18.3 Å². The minimum absolute atomic E-state index is 0.267. The lowest BCUT2D eigenvalue weighted by Gasteiger charge is -2.46. The van der Waals surface area contributed by atoms with E-state index in [0.29, 0.717) is 11.6 Å². The highest BCUT2D eigenvalue weighted by atomic mass is 16.5. The van der Waals surface area contributed by atoms with Crippen molar-refractivity contribution in [3.8, 4) is 0 Å². The van der Waals surface area contributed by atoms with E-state index in [0.717, 1.165) is 13.2 Å². The first-order valence-corrected chi connectivity index (χ1v) is 6.39. The quantitative estimate of drug-likeness (QED) is 0.665. The first-order valence-electron chi connectivity index (χ1n) is 6.39. The Balaban J connectivity index is 1.91. The molecule has 1 aliphatic carbocycles. The van der Waals surface area contributed by atoms with Crippen LogP contribution < -0.4 is 5.32 Å². The van der Waals surface area contributed by atoms with E-state index in [2.05, 4.69) is 26.1 Å². The molecule has 1 spiro atoms. The van der Waals surface area contributed by atoms with Crippen LogP contribution in [0.25, 0.3) is 0 Å². The molecule has 0 aromatic heterocycles. The normalized spacial score (nSPS) is 31.8. The molecule has 0 aromatic rings. The van der Waals surface area contributed by atoms with Gasteiger partial charge in [0.1, 0.15) is 0 Å². The third kappa shape index (κ3) is 2.54. The lowest BCUT2D eigenvalue weighted by molar-refractivity contribution is -0.0888. The van der Waals surface area contributed by atoms with Gasteiger partial charge in [-0.2, -0.15) is 0 Å². The van der Waals surface area contributed by atoms with Gasteiger partial charge in [0, 0.05) is 12.1 Å². The van der Waals surface area contributed by atoms with Crippen LogP contribution in [0.4, 0.5) is 0 Å². The van der Waals surface area contributed by atoms with E-state index in [-0.39, 0.29) is 5.41 Å². The van der Waals surface area contributed by atoms with Crippen LogP contribution in [0.3, 0.4) is 0 Å². The minimum atomic E-state index is 0.267. The topological polar surface area (TPSA) is 21.3 Å². The zero-order valence-corrected chi connectivity index (χ0v) is 10.4. The summed E-state index contributed by atoms with van der Waals surface area (Å²) >= 11 is 0. The Kier molecular flexibility index (Phi) is 3.09. The highest BCUT2D eigenvalue weighted by molar-refractivity contribution is 4.96. The van der Waals surface area contributed by atoms with Gasteiger partial charge in [-0.15, -0.1) is 0 Å². The molecule has 2 aliphatic rings. The van der Waals surface area contributed by atoms with Crippen LogP contribution in [0.15, 0.2) is 0 Å². The maximum atomic E-state index is 6.07. The molecule has 1 atom stereocenters. The first-order chi connectivity index (χ1) is 7.02. The molecule has 1 unspecified atom stereocenters. The fraction of sp³-hybridized carbons (Fsp3) is 1.00. The summed E-state index contributed by atoms with van der Waals surface area (Å²) in [6.45, 7) is 8.74. The van der Waals surface area contributed by atoms with Gasteiger partial charge in [-0.25, -0.2) is 0 Å². The second-order valence-electron chi connectivity index (χ2n) is 6.39.